The van der Waals surface area contributed by atoms with Gasteiger partial charge in [0.15, 0.2) is 0 Å². The van der Waals surface area contributed by atoms with Gasteiger partial charge in [0.05, 0.1) is 23.3 Å². The van der Waals surface area contributed by atoms with Gasteiger partial charge in [0.1, 0.15) is 11.5 Å². The molecule has 0 radical (unpaired) electrons. The van der Waals surface area contributed by atoms with Crippen molar-refractivity contribution in [3.63, 3.8) is 0 Å². The average Bonchev–Trinajstić information content (AvgIpc) is 2.72. The number of oxazole rings is 1. The topological polar surface area (TPSA) is 47.3 Å². The molecule has 114 valence electrons. The van der Waals surface area contributed by atoms with Crippen LogP contribution >= 0.6 is 31.9 Å². The van der Waals surface area contributed by atoms with E-state index in [2.05, 4.69) is 48.2 Å². The summed E-state index contributed by atoms with van der Waals surface area (Å²) in [6.45, 7) is 7.74. The highest BCUT2D eigenvalue weighted by molar-refractivity contribution is 9.11. The van der Waals surface area contributed by atoms with Crippen molar-refractivity contribution in [1.82, 2.24) is 10.3 Å². The third-order valence-corrected chi connectivity index (χ3v) is 4.09. The summed E-state index contributed by atoms with van der Waals surface area (Å²) in [5.41, 5.74) is 2.02. The number of aromatic nitrogens is 1. The number of benzene rings is 1. The summed E-state index contributed by atoms with van der Waals surface area (Å²) in [4.78, 5) is 4.36. The summed E-state index contributed by atoms with van der Waals surface area (Å²) in [5, 5.41) is 3.33. The maximum Gasteiger partial charge on any atom is 0.208 e. The van der Waals surface area contributed by atoms with Gasteiger partial charge in [-0.1, -0.05) is 15.9 Å². The fourth-order valence-electron chi connectivity index (χ4n) is 1.97. The zero-order valence-electron chi connectivity index (χ0n) is 12.3. The highest BCUT2D eigenvalue weighted by atomic mass is 79.9. The molecule has 1 aromatic carbocycles. The third kappa shape index (κ3) is 4.31. The predicted molar refractivity (Wildman–Crippen MR) is 89.5 cm³/mol. The molecule has 0 fully saturated rings. The van der Waals surface area contributed by atoms with Gasteiger partial charge in [-0.15, -0.1) is 0 Å². The predicted octanol–water partition coefficient (Wildman–Crippen LogP) is 4.50. The first-order chi connectivity index (χ1) is 10.0. The van der Waals surface area contributed by atoms with Crippen molar-refractivity contribution in [2.75, 3.05) is 6.61 Å². The number of nitrogens with zero attached hydrogens (tertiary/aromatic N) is 1. The van der Waals surface area contributed by atoms with E-state index in [0.29, 0.717) is 25.6 Å². The molecule has 0 unspecified atom stereocenters. The lowest BCUT2D eigenvalue weighted by Gasteiger charge is -2.13. The minimum atomic E-state index is 0.588. The lowest BCUT2D eigenvalue weighted by Crippen LogP contribution is -2.14. The molecule has 0 aliphatic carbocycles. The Morgan fingerprint density at radius 3 is 2.62 bits per heavy atom. The molecule has 4 nitrogen and oxygen atoms in total. The van der Waals surface area contributed by atoms with E-state index in [1.807, 2.05) is 26.8 Å². The molecule has 0 spiro atoms. The van der Waals surface area contributed by atoms with Crippen molar-refractivity contribution in [3.8, 4) is 5.75 Å². The second kappa shape index (κ2) is 7.42. The van der Waals surface area contributed by atoms with Crippen LogP contribution in [0.5, 0.6) is 5.75 Å². The first kappa shape index (κ1) is 16.5. The van der Waals surface area contributed by atoms with Crippen LogP contribution in [0.1, 0.15) is 29.8 Å². The van der Waals surface area contributed by atoms with Crippen molar-refractivity contribution in [2.45, 2.75) is 33.9 Å². The van der Waals surface area contributed by atoms with Crippen LogP contribution in [-0.2, 0) is 13.1 Å². The van der Waals surface area contributed by atoms with E-state index < -0.39 is 0 Å². The number of ether oxygens (including phenoxy) is 1. The van der Waals surface area contributed by atoms with E-state index >= 15 is 0 Å². The van der Waals surface area contributed by atoms with Crippen molar-refractivity contribution in [1.29, 1.82) is 0 Å². The Morgan fingerprint density at radius 1 is 1.24 bits per heavy atom. The van der Waals surface area contributed by atoms with E-state index in [0.717, 1.165) is 31.7 Å². The van der Waals surface area contributed by atoms with Gasteiger partial charge in [0, 0.05) is 16.6 Å². The van der Waals surface area contributed by atoms with Gasteiger partial charge in [-0.05, 0) is 48.8 Å². The van der Waals surface area contributed by atoms with Crippen LogP contribution in [-0.4, -0.2) is 11.6 Å². The molecule has 0 saturated carbocycles. The molecule has 0 atom stereocenters. The van der Waals surface area contributed by atoms with E-state index in [9.17, 15) is 0 Å². The summed E-state index contributed by atoms with van der Waals surface area (Å²) in [6, 6.07) is 4.03. The van der Waals surface area contributed by atoms with Crippen molar-refractivity contribution >= 4 is 31.9 Å². The summed E-state index contributed by atoms with van der Waals surface area (Å²) < 4.78 is 13.2. The Kier molecular flexibility index (Phi) is 5.84. The monoisotopic (exact) mass is 416 g/mol. The summed E-state index contributed by atoms with van der Waals surface area (Å²) in [5.74, 6) is 2.44. The van der Waals surface area contributed by atoms with Crippen LogP contribution in [0.2, 0.25) is 0 Å². The summed E-state index contributed by atoms with van der Waals surface area (Å²) in [7, 11) is 0. The van der Waals surface area contributed by atoms with Crippen LogP contribution in [0.4, 0.5) is 0 Å². The van der Waals surface area contributed by atoms with Crippen molar-refractivity contribution in [2.24, 2.45) is 0 Å². The zero-order valence-corrected chi connectivity index (χ0v) is 15.5. The van der Waals surface area contributed by atoms with E-state index in [4.69, 9.17) is 9.15 Å². The van der Waals surface area contributed by atoms with Crippen LogP contribution in [0.3, 0.4) is 0 Å². The highest BCUT2D eigenvalue weighted by Crippen LogP contribution is 2.33. The normalized spacial score (nSPS) is 10.9. The molecule has 2 rings (SSSR count). The number of hydrogen-bond donors (Lipinski definition) is 1. The zero-order chi connectivity index (χ0) is 15.4. The Bertz CT molecular complexity index is 607. The summed E-state index contributed by atoms with van der Waals surface area (Å²) in [6.07, 6.45) is 0. The fourth-order valence-corrected chi connectivity index (χ4v) is 3.40. The fraction of sp³-hybridized carbons (Fsp3) is 0.400. The highest BCUT2D eigenvalue weighted by Gasteiger charge is 2.11. The van der Waals surface area contributed by atoms with Crippen molar-refractivity contribution < 1.29 is 9.15 Å². The molecule has 0 amide bonds. The Balaban J connectivity index is 2.05. The molecule has 1 aromatic heterocycles. The number of halogens is 2. The van der Waals surface area contributed by atoms with Gasteiger partial charge in [-0.25, -0.2) is 4.98 Å². The van der Waals surface area contributed by atoms with Crippen LogP contribution < -0.4 is 10.1 Å². The van der Waals surface area contributed by atoms with E-state index in [1.165, 1.54) is 0 Å². The quantitative estimate of drug-likeness (QED) is 0.751. The SMILES string of the molecule is CCOc1c(Br)cc(Br)cc1CNCc1nc(C)c(C)o1. The summed E-state index contributed by atoms with van der Waals surface area (Å²) >= 11 is 7.04. The van der Waals surface area contributed by atoms with Gasteiger partial charge in [-0.3, -0.25) is 0 Å². The molecule has 0 bridgehead atoms. The minimum Gasteiger partial charge on any atom is -0.492 e. The molecule has 1 heterocycles. The first-order valence-electron chi connectivity index (χ1n) is 6.75. The molecule has 21 heavy (non-hydrogen) atoms. The molecule has 0 saturated heterocycles. The van der Waals surface area contributed by atoms with Gasteiger partial charge in [-0.2, -0.15) is 0 Å². The second-order valence-corrected chi connectivity index (χ2v) is 6.43. The number of aryl methyl sites for hydroxylation is 2. The Morgan fingerprint density at radius 2 is 2.00 bits per heavy atom. The molecule has 6 heteroatoms. The maximum absolute atomic E-state index is 5.70. The smallest absolute Gasteiger partial charge is 0.208 e. The van der Waals surface area contributed by atoms with E-state index in [1.54, 1.807) is 0 Å². The molecular weight excluding hydrogens is 400 g/mol. The van der Waals surface area contributed by atoms with Gasteiger partial charge in [0.2, 0.25) is 5.89 Å². The average molecular weight is 418 g/mol. The molecule has 0 aliphatic heterocycles. The molecule has 0 aliphatic rings. The van der Waals surface area contributed by atoms with Crippen LogP contribution in [0, 0.1) is 13.8 Å². The number of hydrogen-bond acceptors (Lipinski definition) is 4. The lowest BCUT2D eigenvalue weighted by atomic mass is 10.2. The first-order valence-corrected chi connectivity index (χ1v) is 8.34. The van der Waals surface area contributed by atoms with Gasteiger partial charge in [0.25, 0.3) is 0 Å². The van der Waals surface area contributed by atoms with Crippen LogP contribution in [0.25, 0.3) is 0 Å². The Labute approximate surface area is 141 Å². The Hall–Kier alpha value is -0.850. The molecule has 1 N–H and O–H groups in total. The second-order valence-electron chi connectivity index (χ2n) is 4.66. The third-order valence-electron chi connectivity index (χ3n) is 3.04. The minimum absolute atomic E-state index is 0.588. The number of nitrogens with one attached hydrogen (secondary N) is 1. The largest absolute Gasteiger partial charge is 0.492 e. The lowest BCUT2D eigenvalue weighted by molar-refractivity contribution is 0.332. The van der Waals surface area contributed by atoms with Gasteiger partial charge < -0.3 is 14.5 Å². The van der Waals surface area contributed by atoms with Crippen molar-refractivity contribution in [3.05, 3.63) is 44.0 Å². The molecule has 2 aromatic rings. The number of rotatable bonds is 6. The molecular formula is C15H18Br2N2O2. The van der Waals surface area contributed by atoms with Gasteiger partial charge >= 0.3 is 0 Å². The standard InChI is InChI=1S/C15H18Br2N2O2/c1-4-20-15-11(5-12(16)6-13(15)17)7-18-8-14-19-9(2)10(3)21-14/h5-6,18H,4,7-8H2,1-3H3. The maximum atomic E-state index is 5.70. The van der Waals surface area contributed by atoms with E-state index in [-0.39, 0.29) is 0 Å². The van der Waals surface area contributed by atoms with Crippen LogP contribution in [0.15, 0.2) is 25.5 Å².